The standard InChI is InChI=1S/C16H18ClN5O4/c1-10-16(22(25)26)11(2)21(19-10)9-15(24)20(3)8-14(23)18-13-6-4-12(17)5-7-13/h4-7H,8-9H2,1-3H3,(H,18,23). The van der Waals surface area contributed by atoms with Crippen molar-refractivity contribution in [3.63, 3.8) is 0 Å². The topological polar surface area (TPSA) is 110 Å². The van der Waals surface area contributed by atoms with Gasteiger partial charge in [-0.1, -0.05) is 11.6 Å². The van der Waals surface area contributed by atoms with Crippen LogP contribution >= 0.6 is 11.6 Å². The van der Waals surface area contributed by atoms with Gasteiger partial charge in [0.1, 0.15) is 17.9 Å². The molecule has 0 radical (unpaired) electrons. The van der Waals surface area contributed by atoms with Crippen LogP contribution < -0.4 is 5.32 Å². The zero-order chi connectivity index (χ0) is 19.4. The summed E-state index contributed by atoms with van der Waals surface area (Å²) in [6, 6.07) is 6.58. The van der Waals surface area contributed by atoms with Crippen LogP contribution in [-0.2, 0) is 16.1 Å². The van der Waals surface area contributed by atoms with Crippen molar-refractivity contribution in [1.29, 1.82) is 0 Å². The molecule has 0 saturated heterocycles. The van der Waals surface area contributed by atoms with E-state index in [4.69, 9.17) is 11.6 Å². The maximum atomic E-state index is 12.3. The summed E-state index contributed by atoms with van der Waals surface area (Å²) in [4.78, 5) is 36.0. The SMILES string of the molecule is Cc1nn(CC(=O)N(C)CC(=O)Nc2ccc(Cl)cc2)c(C)c1[N+](=O)[O-]. The molecule has 0 aliphatic heterocycles. The number of aromatic nitrogens is 2. The summed E-state index contributed by atoms with van der Waals surface area (Å²) in [5, 5.41) is 18.2. The highest BCUT2D eigenvalue weighted by Crippen LogP contribution is 2.21. The van der Waals surface area contributed by atoms with Crippen molar-refractivity contribution >= 4 is 34.8 Å². The van der Waals surface area contributed by atoms with Gasteiger partial charge in [0.05, 0.1) is 11.5 Å². The van der Waals surface area contributed by atoms with Crippen molar-refractivity contribution in [3.05, 3.63) is 50.8 Å². The van der Waals surface area contributed by atoms with Gasteiger partial charge in [-0.25, -0.2) is 0 Å². The van der Waals surface area contributed by atoms with E-state index >= 15 is 0 Å². The second-order valence-corrected chi connectivity index (χ2v) is 6.18. The number of nitro groups is 1. The lowest BCUT2D eigenvalue weighted by molar-refractivity contribution is -0.386. The molecule has 0 unspecified atom stereocenters. The number of rotatable bonds is 6. The molecule has 1 aromatic carbocycles. The van der Waals surface area contributed by atoms with Gasteiger partial charge in [-0.3, -0.25) is 24.4 Å². The van der Waals surface area contributed by atoms with Gasteiger partial charge in [0.15, 0.2) is 0 Å². The second kappa shape index (κ2) is 7.96. The summed E-state index contributed by atoms with van der Waals surface area (Å²) in [6.07, 6.45) is 0. The van der Waals surface area contributed by atoms with Gasteiger partial charge < -0.3 is 10.2 Å². The molecule has 0 fully saturated rings. The fourth-order valence-corrected chi connectivity index (χ4v) is 2.52. The van der Waals surface area contributed by atoms with Gasteiger partial charge in [0.2, 0.25) is 11.8 Å². The van der Waals surface area contributed by atoms with Crippen molar-refractivity contribution < 1.29 is 14.5 Å². The fourth-order valence-electron chi connectivity index (χ4n) is 2.39. The van der Waals surface area contributed by atoms with Gasteiger partial charge in [-0.05, 0) is 38.1 Å². The predicted molar refractivity (Wildman–Crippen MR) is 96.1 cm³/mol. The molecule has 0 atom stereocenters. The Morgan fingerprint density at radius 2 is 1.92 bits per heavy atom. The summed E-state index contributed by atoms with van der Waals surface area (Å²) < 4.78 is 1.27. The largest absolute Gasteiger partial charge is 0.335 e. The summed E-state index contributed by atoms with van der Waals surface area (Å²) in [5.74, 6) is -0.765. The third-order valence-electron chi connectivity index (χ3n) is 3.75. The minimum atomic E-state index is -0.526. The highest BCUT2D eigenvalue weighted by atomic mass is 35.5. The average molecular weight is 380 g/mol. The monoisotopic (exact) mass is 379 g/mol. The maximum absolute atomic E-state index is 12.3. The number of nitrogens with one attached hydrogen (secondary N) is 1. The van der Waals surface area contributed by atoms with Gasteiger partial charge in [-0.15, -0.1) is 0 Å². The zero-order valence-corrected chi connectivity index (χ0v) is 15.3. The quantitative estimate of drug-likeness (QED) is 0.610. The first-order valence-electron chi connectivity index (χ1n) is 7.66. The lowest BCUT2D eigenvalue weighted by atomic mass is 10.3. The molecule has 26 heavy (non-hydrogen) atoms. The molecule has 2 aromatic rings. The molecule has 0 saturated carbocycles. The van der Waals surface area contributed by atoms with Crippen LogP contribution in [0.1, 0.15) is 11.4 Å². The van der Waals surface area contributed by atoms with Gasteiger partial charge >= 0.3 is 5.69 Å². The predicted octanol–water partition coefficient (Wildman–Crippen LogP) is 2.16. The van der Waals surface area contributed by atoms with Crippen LogP contribution in [0.2, 0.25) is 5.02 Å². The highest BCUT2D eigenvalue weighted by Gasteiger charge is 2.24. The molecule has 0 bridgehead atoms. The van der Waals surface area contributed by atoms with E-state index in [2.05, 4.69) is 10.4 Å². The van der Waals surface area contributed by atoms with Crippen LogP contribution in [-0.4, -0.2) is 45.0 Å². The van der Waals surface area contributed by atoms with E-state index in [1.54, 1.807) is 24.3 Å². The first-order chi connectivity index (χ1) is 12.2. The van der Waals surface area contributed by atoms with Gasteiger partial charge in [0, 0.05) is 17.8 Å². The first kappa shape index (κ1) is 19.4. The summed E-state index contributed by atoms with van der Waals surface area (Å²) >= 11 is 5.78. The zero-order valence-electron chi connectivity index (χ0n) is 14.5. The number of carbonyl (C=O) groups excluding carboxylic acids is 2. The molecule has 10 heteroatoms. The van der Waals surface area contributed by atoms with E-state index in [-0.39, 0.29) is 30.4 Å². The molecular formula is C16H18ClN5O4. The fraction of sp³-hybridized carbons (Fsp3) is 0.312. The van der Waals surface area contributed by atoms with Crippen LogP contribution in [0.4, 0.5) is 11.4 Å². The Morgan fingerprint density at radius 3 is 2.46 bits per heavy atom. The van der Waals surface area contributed by atoms with Crippen molar-refractivity contribution in [2.75, 3.05) is 18.9 Å². The lowest BCUT2D eigenvalue weighted by Crippen LogP contribution is -2.37. The molecule has 138 valence electrons. The molecule has 0 aliphatic carbocycles. The van der Waals surface area contributed by atoms with Crippen molar-refractivity contribution in [1.82, 2.24) is 14.7 Å². The molecule has 1 heterocycles. The first-order valence-corrected chi connectivity index (χ1v) is 8.04. The molecule has 1 N–H and O–H groups in total. The normalized spacial score (nSPS) is 10.5. The Bertz CT molecular complexity index is 847. The molecule has 9 nitrogen and oxygen atoms in total. The number of hydrogen-bond acceptors (Lipinski definition) is 5. The molecular weight excluding hydrogens is 362 g/mol. The third-order valence-corrected chi connectivity index (χ3v) is 4.00. The van der Waals surface area contributed by atoms with E-state index in [9.17, 15) is 19.7 Å². The third kappa shape index (κ3) is 4.57. The number of hydrogen-bond donors (Lipinski definition) is 1. The van der Waals surface area contributed by atoms with Crippen molar-refractivity contribution in [3.8, 4) is 0 Å². The van der Waals surface area contributed by atoms with Gasteiger partial charge in [0.25, 0.3) is 0 Å². The lowest BCUT2D eigenvalue weighted by Gasteiger charge is -2.17. The summed E-state index contributed by atoms with van der Waals surface area (Å²) in [7, 11) is 1.48. The number of halogens is 1. The van der Waals surface area contributed by atoms with Crippen LogP contribution in [0.25, 0.3) is 0 Å². The van der Waals surface area contributed by atoms with E-state index in [0.29, 0.717) is 16.4 Å². The van der Waals surface area contributed by atoms with Gasteiger partial charge in [-0.2, -0.15) is 5.10 Å². The smallest absolute Gasteiger partial charge is 0.312 e. The maximum Gasteiger partial charge on any atom is 0.312 e. The Balaban J connectivity index is 1.97. The molecule has 0 aliphatic rings. The number of aryl methyl sites for hydroxylation is 1. The van der Waals surface area contributed by atoms with Crippen LogP contribution in [0.15, 0.2) is 24.3 Å². The van der Waals surface area contributed by atoms with Crippen molar-refractivity contribution in [2.24, 2.45) is 0 Å². The number of carbonyl (C=O) groups is 2. The Hall–Kier alpha value is -2.94. The molecule has 1 aromatic heterocycles. The van der Waals surface area contributed by atoms with E-state index < -0.39 is 10.8 Å². The molecule has 0 spiro atoms. The number of anilines is 1. The van der Waals surface area contributed by atoms with Crippen LogP contribution in [0.5, 0.6) is 0 Å². The summed E-state index contributed by atoms with van der Waals surface area (Å²) in [5.41, 5.74) is 0.985. The second-order valence-electron chi connectivity index (χ2n) is 5.74. The molecule has 2 rings (SSSR count). The number of benzene rings is 1. The minimum absolute atomic E-state index is 0.110. The minimum Gasteiger partial charge on any atom is -0.335 e. The number of nitrogens with zero attached hydrogens (tertiary/aromatic N) is 4. The van der Waals surface area contributed by atoms with Crippen molar-refractivity contribution in [2.45, 2.75) is 20.4 Å². The van der Waals surface area contributed by atoms with Crippen LogP contribution in [0, 0.1) is 24.0 Å². The van der Waals surface area contributed by atoms with E-state index in [1.165, 1.54) is 30.5 Å². The summed E-state index contributed by atoms with van der Waals surface area (Å²) in [6.45, 7) is 2.68. The van der Waals surface area contributed by atoms with Crippen LogP contribution in [0.3, 0.4) is 0 Å². The Morgan fingerprint density at radius 1 is 1.31 bits per heavy atom. The Labute approximate surface area is 154 Å². The highest BCUT2D eigenvalue weighted by molar-refractivity contribution is 6.30. The van der Waals surface area contributed by atoms with E-state index in [0.717, 1.165) is 0 Å². The number of likely N-dealkylation sites (N-methyl/N-ethyl adjacent to an activating group) is 1. The number of amides is 2. The molecule has 2 amide bonds. The average Bonchev–Trinajstić information content (AvgIpc) is 2.83. The Kier molecular flexibility index (Phi) is 5.93. The van der Waals surface area contributed by atoms with E-state index in [1.807, 2.05) is 0 Å².